The molecule has 20 heavy (non-hydrogen) atoms. The molecule has 0 saturated carbocycles. The Kier molecular flexibility index (Phi) is 3.60. The van der Waals surface area contributed by atoms with E-state index >= 15 is 0 Å². The molecule has 0 saturated heterocycles. The summed E-state index contributed by atoms with van der Waals surface area (Å²) in [7, 11) is 1.63. The third-order valence-electron chi connectivity index (χ3n) is 3.17. The summed E-state index contributed by atoms with van der Waals surface area (Å²) >= 11 is 1.41. The van der Waals surface area contributed by atoms with Crippen molar-refractivity contribution < 1.29 is 4.79 Å². The number of rotatable bonds is 4. The summed E-state index contributed by atoms with van der Waals surface area (Å²) in [6, 6.07) is 10.1. The number of nitrogens with one attached hydrogen (secondary N) is 1. The van der Waals surface area contributed by atoms with Crippen LogP contribution in [0.3, 0.4) is 0 Å². The van der Waals surface area contributed by atoms with E-state index in [1.165, 1.54) is 11.8 Å². The number of amides is 1. The number of carbonyl (C=O) groups is 1. The highest BCUT2D eigenvalue weighted by Gasteiger charge is 2.25. The quantitative estimate of drug-likeness (QED) is 0.859. The molecule has 6 nitrogen and oxygen atoms in total. The van der Waals surface area contributed by atoms with Crippen molar-refractivity contribution in [3.05, 3.63) is 30.3 Å². The molecule has 0 unspecified atom stereocenters. The molecule has 1 aromatic carbocycles. The Morgan fingerprint density at radius 1 is 1.30 bits per heavy atom. The molecule has 1 amide bonds. The maximum Gasteiger partial charge on any atom is 0.232 e. The van der Waals surface area contributed by atoms with Crippen LogP contribution in [0.15, 0.2) is 35.5 Å². The maximum atomic E-state index is 11.3. The number of para-hydroxylation sites is 1. The first kappa shape index (κ1) is 13.0. The van der Waals surface area contributed by atoms with E-state index in [2.05, 4.69) is 37.1 Å². The minimum Gasteiger partial charge on any atom is -0.358 e. The van der Waals surface area contributed by atoms with Gasteiger partial charge >= 0.3 is 0 Å². The van der Waals surface area contributed by atoms with Crippen molar-refractivity contribution >= 4 is 29.3 Å². The van der Waals surface area contributed by atoms with E-state index in [0.29, 0.717) is 5.75 Å². The molecule has 2 heterocycles. The van der Waals surface area contributed by atoms with Crippen LogP contribution in [-0.4, -0.2) is 40.0 Å². The lowest BCUT2D eigenvalue weighted by molar-refractivity contribution is -0.118. The van der Waals surface area contributed by atoms with E-state index in [4.69, 9.17) is 0 Å². The molecule has 1 aromatic heterocycles. The van der Waals surface area contributed by atoms with Gasteiger partial charge < -0.3 is 10.2 Å². The van der Waals surface area contributed by atoms with Crippen LogP contribution < -0.4 is 10.2 Å². The van der Waals surface area contributed by atoms with Gasteiger partial charge in [0.15, 0.2) is 5.16 Å². The Hall–Kier alpha value is -2.02. The first-order valence-corrected chi connectivity index (χ1v) is 7.37. The lowest BCUT2D eigenvalue weighted by atomic mass is 10.3. The molecular weight excluding hydrogens is 274 g/mol. The van der Waals surface area contributed by atoms with Crippen molar-refractivity contribution in [1.29, 1.82) is 0 Å². The first-order chi connectivity index (χ1) is 9.79. The fourth-order valence-electron chi connectivity index (χ4n) is 2.14. The number of anilines is 2. The minimum atomic E-state index is -0.00902. The van der Waals surface area contributed by atoms with Gasteiger partial charge in [-0.1, -0.05) is 30.0 Å². The summed E-state index contributed by atoms with van der Waals surface area (Å²) < 4.78 is 2.06. The summed E-state index contributed by atoms with van der Waals surface area (Å²) in [4.78, 5) is 13.4. The number of aromatic nitrogens is 3. The molecule has 104 valence electrons. The van der Waals surface area contributed by atoms with E-state index in [1.807, 2.05) is 18.2 Å². The summed E-state index contributed by atoms with van der Waals surface area (Å²) in [5, 5.41) is 11.8. The number of nitrogens with zero attached hydrogens (tertiary/aromatic N) is 4. The summed E-state index contributed by atoms with van der Waals surface area (Å²) in [6.45, 7) is 1.72. The van der Waals surface area contributed by atoms with Gasteiger partial charge in [-0.05, 0) is 12.1 Å². The van der Waals surface area contributed by atoms with Crippen LogP contribution in [-0.2, 0) is 11.3 Å². The second kappa shape index (κ2) is 5.54. The SMILES string of the molecule is CNC(=O)CSc1nnc2n1CCN2c1ccccc1. The average Bonchev–Trinajstić information content (AvgIpc) is 3.07. The number of carbonyl (C=O) groups excluding carboxylic acids is 1. The third kappa shape index (κ3) is 2.36. The number of fused-ring (bicyclic) bond motifs is 1. The summed E-state index contributed by atoms with van der Waals surface area (Å²) in [5.74, 6) is 1.20. The predicted octanol–water partition coefficient (Wildman–Crippen LogP) is 1.27. The molecule has 0 bridgehead atoms. The van der Waals surface area contributed by atoms with Gasteiger partial charge in [0.05, 0.1) is 5.75 Å². The lowest BCUT2D eigenvalue weighted by Crippen LogP contribution is -2.20. The molecule has 0 atom stereocenters. The van der Waals surface area contributed by atoms with Crippen molar-refractivity contribution in [2.75, 3.05) is 24.2 Å². The highest BCUT2D eigenvalue weighted by Crippen LogP contribution is 2.31. The second-order valence-electron chi connectivity index (χ2n) is 4.38. The number of benzene rings is 1. The zero-order valence-corrected chi connectivity index (χ0v) is 11.9. The van der Waals surface area contributed by atoms with Gasteiger partial charge in [-0.15, -0.1) is 10.2 Å². The molecule has 0 aliphatic carbocycles. The van der Waals surface area contributed by atoms with Gasteiger partial charge in [-0.2, -0.15) is 0 Å². The Bertz CT molecular complexity index is 612. The largest absolute Gasteiger partial charge is 0.358 e. The van der Waals surface area contributed by atoms with Crippen LogP contribution >= 0.6 is 11.8 Å². The Labute approximate surface area is 121 Å². The molecule has 0 fully saturated rings. The van der Waals surface area contributed by atoms with E-state index in [9.17, 15) is 4.79 Å². The van der Waals surface area contributed by atoms with Crippen LogP contribution in [0, 0.1) is 0 Å². The van der Waals surface area contributed by atoms with E-state index < -0.39 is 0 Å². The smallest absolute Gasteiger partial charge is 0.232 e. The molecule has 1 N–H and O–H groups in total. The molecular formula is C13H15N5OS. The number of thioether (sulfide) groups is 1. The Morgan fingerprint density at radius 3 is 2.85 bits per heavy atom. The normalized spacial score (nSPS) is 13.3. The minimum absolute atomic E-state index is 0.00902. The van der Waals surface area contributed by atoms with Crippen molar-refractivity contribution in [2.45, 2.75) is 11.7 Å². The van der Waals surface area contributed by atoms with Gasteiger partial charge in [0.2, 0.25) is 11.9 Å². The third-order valence-corrected chi connectivity index (χ3v) is 4.13. The van der Waals surface area contributed by atoms with Crippen molar-refractivity contribution in [3.63, 3.8) is 0 Å². The summed E-state index contributed by atoms with van der Waals surface area (Å²) in [6.07, 6.45) is 0. The summed E-state index contributed by atoms with van der Waals surface area (Å²) in [5.41, 5.74) is 1.11. The zero-order chi connectivity index (χ0) is 13.9. The topological polar surface area (TPSA) is 63.1 Å². The zero-order valence-electron chi connectivity index (χ0n) is 11.1. The lowest BCUT2D eigenvalue weighted by Gasteiger charge is -2.14. The molecule has 7 heteroatoms. The monoisotopic (exact) mass is 289 g/mol. The molecule has 0 spiro atoms. The van der Waals surface area contributed by atoms with Crippen LogP contribution in [0.5, 0.6) is 0 Å². The van der Waals surface area contributed by atoms with Gasteiger partial charge in [0.25, 0.3) is 0 Å². The highest BCUT2D eigenvalue weighted by molar-refractivity contribution is 7.99. The Balaban J connectivity index is 1.79. The number of hydrogen-bond acceptors (Lipinski definition) is 5. The highest BCUT2D eigenvalue weighted by atomic mass is 32.2. The van der Waals surface area contributed by atoms with Crippen LogP contribution in [0.25, 0.3) is 0 Å². The van der Waals surface area contributed by atoms with Crippen molar-refractivity contribution in [1.82, 2.24) is 20.1 Å². The van der Waals surface area contributed by atoms with Crippen LogP contribution in [0.1, 0.15) is 0 Å². The van der Waals surface area contributed by atoms with Gasteiger partial charge in [-0.25, -0.2) is 0 Å². The molecule has 1 aliphatic heterocycles. The van der Waals surface area contributed by atoms with E-state index in [-0.39, 0.29) is 5.91 Å². The van der Waals surface area contributed by atoms with E-state index in [0.717, 1.165) is 29.9 Å². The Morgan fingerprint density at radius 2 is 2.10 bits per heavy atom. The molecule has 3 rings (SSSR count). The van der Waals surface area contributed by atoms with Gasteiger partial charge in [0, 0.05) is 25.8 Å². The predicted molar refractivity (Wildman–Crippen MR) is 78.3 cm³/mol. The first-order valence-electron chi connectivity index (χ1n) is 6.39. The second-order valence-corrected chi connectivity index (χ2v) is 5.33. The molecule has 1 aliphatic rings. The number of hydrogen-bond donors (Lipinski definition) is 1. The maximum absolute atomic E-state index is 11.3. The van der Waals surface area contributed by atoms with E-state index in [1.54, 1.807) is 7.05 Å². The fraction of sp³-hybridized carbons (Fsp3) is 0.308. The standard InChI is InChI=1S/C13H15N5OS/c1-14-11(19)9-20-13-16-15-12-17(7-8-18(12)13)10-5-3-2-4-6-10/h2-6H,7-9H2,1H3,(H,14,19). The van der Waals surface area contributed by atoms with Crippen molar-refractivity contribution in [2.24, 2.45) is 0 Å². The molecule has 2 aromatic rings. The fourth-order valence-corrected chi connectivity index (χ4v) is 2.97. The van der Waals surface area contributed by atoms with Gasteiger partial charge in [-0.3, -0.25) is 9.36 Å². The van der Waals surface area contributed by atoms with Gasteiger partial charge in [0.1, 0.15) is 0 Å². The van der Waals surface area contributed by atoms with Crippen LogP contribution in [0.4, 0.5) is 11.6 Å². The molecule has 0 radical (unpaired) electrons. The van der Waals surface area contributed by atoms with Crippen LogP contribution in [0.2, 0.25) is 0 Å². The van der Waals surface area contributed by atoms with Crippen molar-refractivity contribution in [3.8, 4) is 0 Å². The average molecular weight is 289 g/mol.